The van der Waals surface area contributed by atoms with Crippen molar-refractivity contribution >= 4 is 11.9 Å². The van der Waals surface area contributed by atoms with Crippen molar-refractivity contribution in [2.45, 2.75) is 25.9 Å². The number of carbonyl (C=O) groups excluding carboxylic acids is 1. The molecule has 0 bridgehead atoms. The van der Waals surface area contributed by atoms with Gasteiger partial charge in [0.05, 0.1) is 13.2 Å². The minimum absolute atomic E-state index is 0.118. The molecule has 1 unspecified atom stereocenters. The molecule has 1 aromatic carbocycles. The third kappa shape index (κ3) is 3.54. The molecule has 1 aliphatic rings. The van der Waals surface area contributed by atoms with Gasteiger partial charge < -0.3 is 15.4 Å². The summed E-state index contributed by atoms with van der Waals surface area (Å²) in [5, 5.41) is 0. The van der Waals surface area contributed by atoms with Crippen LogP contribution in [0, 0.1) is 0 Å². The third-order valence-corrected chi connectivity index (χ3v) is 4.10. The number of morpholine rings is 1. The van der Waals surface area contributed by atoms with E-state index in [9.17, 15) is 4.79 Å². The standard InChI is InChI=1S/C18H22N4O2/c1-12(2)14-10-15(21-18(19)20-14)17(23)22-8-9-24-16(11-22)13-6-4-3-5-7-13/h3-7,10,12,16H,8-9,11H2,1-2H3,(H2,19,20,21). The summed E-state index contributed by atoms with van der Waals surface area (Å²) in [6, 6.07) is 11.7. The molecule has 126 valence electrons. The number of amides is 1. The van der Waals surface area contributed by atoms with Gasteiger partial charge in [0.25, 0.3) is 5.91 Å². The van der Waals surface area contributed by atoms with Gasteiger partial charge in [-0.15, -0.1) is 0 Å². The van der Waals surface area contributed by atoms with Crippen LogP contribution < -0.4 is 5.73 Å². The van der Waals surface area contributed by atoms with E-state index < -0.39 is 0 Å². The van der Waals surface area contributed by atoms with E-state index in [4.69, 9.17) is 10.5 Å². The summed E-state index contributed by atoms with van der Waals surface area (Å²) in [5.41, 5.74) is 7.96. The first kappa shape index (κ1) is 16.4. The molecule has 0 radical (unpaired) electrons. The number of carbonyl (C=O) groups is 1. The Balaban J connectivity index is 1.80. The number of nitrogens with zero attached hydrogens (tertiary/aromatic N) is 3. The van der Waals surface area contributed by atoms with Crippen LogP contribution in [-0.4, -0.2) is 40.5 Å². The topological polar surface area (TPSA) is 81.3 Å². The Hall–Kier alpha value is -2.47. The van der Waals surface area contributed by atoms with Crippen molar-refractivity contribution in [1.82, 2.24) is 14.9 Å². The molecule has 1 aromatic heterocycles. The molecule has 1 saturated heterocycles. The minimum atomic E-state index is -0.129. The Morgan fingerprint density at radius 1 is 1.29 bits per heavy atom. The zero-order valence-electron chi connectivity index (χ0n) is 14.0. The number of hydrogen-bond acceptors (Lipinski definition) is 5. The summed E-state index contributed by atoms with van der Waals surface area (Å²) in [6.07, 6.45) is -0.118. The van der Waals surface area contributed by atoms with Crippen LogP contribution >= 0.6 is 0 Å². The zero-order chi connectivity index (χ0) is 17.1. The average molecular weight is 326 g/mol. The number of benzene rings is 1. The molecule has 1 fully saturated rings. The van der Waals surface area contributed by atoms with Crippen LogP contribution in [0.3, 0.4) is 0 Å². The van der Waals surface area contributed by atoms with Crippen molar-refractivity contribution in [3.05, 3.63) is 53.3 Å². The van der Waals surface area contributed by atoms with Crippen LogP contribution in [0.15, 0.2) is 36.4 Å². The van der Waals surface area contributed by atoms with Crippen LogP contribution in [0.1, 0.15) is 47.6 Å². The fourth-order valence-corrected chi connectivity index (χ4v) is 2.76. The van der Waals surface area contributed by atoms with E-state index in [2.05, 4.69) is 9.97 Å². The molecular formula is C18H22N4O2. The molecule has 0 aliphatic carbocycles. The largest absolute Gasteiger partial charge is 0.370 e. The lowest BCUT2D eigenvalue weighted by Gasteiger charge is -2.33. The van der Waals surface area contributed by atoms with E-state index in [0.717, 1.165) is 11.3 Å². The number of rotatable bonds is 3. The maximum atomic E-state index is 12.8. The Morgan fingerprint density at radius 2 is 2.04 bits per heavy atom. The predicted molar refractivity (Wildman–Crippen MR) is 91.6 cm³/mol. The molecular weight excluding hydrogens is 304 g/mol. The van der Waals surface area contributed by atoms with Gasteiger partial charge in [-0.3, -0.25) is 4.79 Å². The first-order chi connectivity index (χ1) is 11.5. The molecule has 1 atom stereocenters. The van der Waals surface area contributed by atoms with Gasteiger partial charge in [-0.25, -0.2) is 9.97 Å². The number of anilines is 1. The summed E-state index contributed by atoms with van der Waals surface area (Å²) in [4.78, 5) is 22.9. The van der Waals surface area contributed by atoms with Crippen LogP contribution in [0.5, 0.6) is 0 Å². The Bertz CT molecular complexity index is 718. The maximum absolute atomic E-state index is 12.8. The summed E-state index contributed by atoms with van der Waals surface area (Å²) in [7, 11) is 0. The summed E-state index contributed by atoms with van der Waals surface area (Å²) >= 11 is 0. The van der Waals surface area contributed by atoms with Gasteiger partial charge in [0, 0.05) is 12.2 Å². The van der Waals surface area contributed by atoms with E-state index in [1.165, 1.54) is 0 Å². The van der Waals surface area contributed by atoms with Crippen LogP contribution in [-0.2, 0) is 4.74 Å². The van der Waals surface area contributed by atoms with Crippen molar-refractivity contribution in [2.24, 2.45) is 0 Å². The lowest BCUT2D eigenvalue weighted by atomic mass is 10.1. The van der Waals surface area contributed by atoms with E-state index in [1.807, 2.05) is 44.2 Å². The van der Waals surface area contributed by atoms with Crippen LogP contribution in [0.25, 0.3) is 0 Å². The van der Waals surface area contributed by atoms with Crippen molar-refractivity contribution in [1.29, 1.82) is 0 Å². The fourth-order valence-electron chi connectivity index (χ4n) is 2.76. The summed E-state index contributed by atoms with van der Waals surface area (Å²) in [5.74, 6) is 0.191. The zero-order valence-corrected chi connectivity index (χ0v) is 14.0. The first-order valence-corrected chi connectivity index (χ1v) is 8.15. The second kappa shape index (κ2) is 6.97. The Morgan fingerprint density at radius 3 is 2.75 bits per heavy atom. The lowest BCUT2D eigenvalue weighted by molar-refractivity contribution is -0.0230. The molecule has 1 aliphatic heterocycles. The molecule has 1 amide bonds. The van der Waals surface area contributed by atoms with Crippen LogP contribution in [0.4, 0.5) is 5.95 Å². The van der Waals surface area contributed by atoms with E-state index in [1.54, 1.807) is 11.0 Å². The molecule has 0 saturated carbocycles. The molecule has 2 heterocycles. The van der Waals surface area contributed by atoms with E-state index in [-0.39, 0.29) is 23.9 Å². The SMILES string of the molecule is CC(C)c1cc(C(=O)N2CCOC(c3ccccc3)C2)nc(N)n1. The van der Waals surface area contributed by atoms with E-state index >= 15 is 0 Å². The van der Waals surface area contributed by atoms with Gasteiger partial charge in [-0.2, -0.15) is 0 Å². The van der Waals surface area contributed by atoms with Crippen LogP contribution in [0.2, 0.25) is 0 Å². The second-order valence-corrected chi connectivity index (χ2v) is 6.21. The number of hydrogen-bond donors (Lipinski definition) is 1. The third-order valence-electron chi connectivity index (χ3n) is 4.10. The normalized spacial score (nSPS) is 18.0. The van der Waals surface area contributed by atoms with Crippen molar-refractivity contribution in [3.8, 4) is 0 Å². The smallest absolute Gasteiger partial charge is 0.272 e. The van der Waals surface area contributed by atoms with Gasteiger partial charge in [0.2, 0.25) is 5.95 Å². The molecule has 6 nitrogen and oxygen atoms in total. The predicted octanol–water partition coefficient (Wildman–Crippen LogP) is 2.40. The van der Waals surface area contributed by atoms with Crippen molar-refractivity contribution in [3.63, 3.8) is 0 Å². The molecule has 3 rings (SSSR count). The first-order valence-electron chi connectivity index (χ1n) is 8.15. The molecule has 6 heteroatoms. The van der Waals surface area contributed by atoms with E-state index in [0.29, 0.717) is 25.4 Å². The number of nitrogen functional groups attached to an aromatic ring is 1. The molecule has 24 heavy (non-hydrogen) atoms. The Labute approximate surface area is 141 Å². The highest BCUT2D eigenvalue weighted by Crippen LogP contribution is 2.23. The van der Waals surface area contributed by atoms with Crippen molar-refractivity contribution in [2.75, 3.05) is 25.4 Å². The van der Waals surface area contributed by atoms with Gasteiger partial charge in [-0.05, 0) is 17.5 Å². The fraction of sp³-hybridized carbons (Fsp3) is 0.389. The number of aromatic nitrogens is 2. The second-order valence-electron chi connectivity index (χ2n) is 6.21. The van der Waals surface area contributed by atoms with Gasteiger partial charge in [-0.1, -0.05) is 44.2 Å². The maximum Gasteiger partial charge on any atom is 0.272 e. The highest BCUT2D eigenvalue weighted by atomic mass is 16.5. The van der Waals surface area contributed by atoms with Gasteiger partial charge >= 0.3 is 0 Å². The number of nitrogens with two attached hydrogens (primary N) is 1. The average Bonchev–Trinajstić information content (AvgIpc) is 2.61. The summed E-state index contributed by atoms with van der Waals surface area (Å²) < 4.78 is 5.81. The Kier molecular flexibility index (Phi) is 4.76. The summed E-state index contributed by atoms with van der Waals surface area (Å²) in [6.45, 7) is 5.57. The minimum Gasteiger partial charge on any atom is -0.370 e. The monoisotopic (exact) mass is 326 g/mol. The lowest BCUT2D eigenvalue weighted by Crippen LogP contribution is -2.42. The quantitative estimate of drug-likeness (QED) is 0.936. The highest BCUT2D eigenvalue weighted by Gasteiger charge is 2.27. The van der Waals surface area contributed by atoms with Gasteiger partial charge in [0.1, 0.15) is 11.8 Å². The molecule has 2 N–H and O–H groups in total. The molecule has 2 aromatic rings. The van der Waals surface area contributed by atoms with Gasteiger partial charge in [0.15, 0.2) is 0 Å². The molecule has 0 spiro atoms. The van der Waals surface area contributed by atoms with Crippen molar-refractivity contribution < 1.29 is 9.53 Å². The highest BCUT2D eigenvalue weighted by molar-refractivity contribution is 5.92. The number of ether oxygens (including phenoxy) is 1.